The van der Waals surface area contributed by atoms with Gasteiger partial charge in [0.25, 0.3) is 10.0 Å². The second-order valence-corrected chi connectivity index (χ2v) is 12.3. The summed E-state index contributed by atoms with van der Waals surface area (Å²) in [6, 6.07) is 21.8. The Morgan fingerprint density at radius 2 is 1.68 bits per heavy atom. The van der Waals surface area contributed by atoms with Crippen LogP contribution in [0, 0.1) is 13.8 Å². The van der Waals surface area contributed by atoms with Crippen LogP contribution in [0.5, 0.6) is 5.88 Å². The Morgan fingerprint density at radius 1 is 0.909 bits per heavy atom. The summed E-state index contributed by atoms with van der Waals surface area (Å²) in [5, 5.41) is 14.5. The van der Waals surface area contributed by atoms with Crippen LogP contribution in [0.25, 0.3) is 38.8 Å². The third-order valence-corrected chi connectivity index (χ3v) is 9.25. The van der Waals surface area contributed by atoms with E-state index in [-0.39, 0.29) is 27.9 Å². The molecule has 44 heavy (non-hydrogen) atoms. The van der Waals surface area contributed by atoms with Gasteiger partial charge in [-0.1, -0.05) is 23.8 Å². The molecule has 0 saturated heterocycles. The number of pyridine rings is 1. The zero-order chi connectivity index (χ0) is 30.7. The summed E-state index contributed by atoms with van der Waals surface area (Å²) in [6.45, 7) is 3.72. The van der Waals surface area contributed by atoms with Gasteiger partial charge in [0.05, 0.1) is 38.9 Å². The summed E-state index contributed by atoms with van der Waals surface area (Å²) in [5.41, 5.74) is 11.2. The number of hydrogen-bond acceptors (Lipinski definition) is 8. The first kappa shape index (κ1) is 27.1. The number of rotatable bonds is 6. The first-order chi connectivity index (χ1) is 21.1. The van der Waals surface area contributed by atoms with E-state index in [0.717, 1.165) is 26.4 Å². The highest BCUT2D eigenvalue weighted by molar-refractivity contribution is 7.90. The van der Waals surface area contributed by atoms with Crippen molar-refractivity contribution in [3.05, 3.63) is 114 Å². The number of aromatic nitrogens is 6. The van der Waals surface area contributed by atoms with Crippen molar-refractivity contribution in [3.63, 3.8) is 0 Å². The first-order valence-electron chi connectivity index (χ1n) is 13.6. The van der Waals surface area contributed by atoms with Crippen molar-refractivity contribution in [2.75, 3.05) is 5.73 Å². The number of H-pyrrole nitrogens is 1. The maximum atomic E-state index is 14.2. The number of carbonyl (C=O) groups excluding carboxylic acids is 1. The number of anilines is 1. The summed E-state index contributed by atoms with van der Waals surface area (Å²) < 4.78 is 30.7. The number of aromatic hydroxyl groups is 1. The Balaban J connectivity index is 1.39. The fraction of sp³-hybridized carbons (Fsp3) is 0.0625. The average molecular weight is 604 g/mol. The molecule has 11 nitrogen and oxygen atoms in total. The van der Waals surface area contributed by atoms with E-state index >= 15 is 0 Å². The number of aryl methyl sites for hydroxylation is 2. The molecule has 7 aromatic rings. The molecule has 0 atom stereocenters. The minimum absolute atomic E-state index is 0.0349. The number of ketones is 1. The minimum atomic E-state index is -4.22. The van der Waals surface area contributed by atoms with Crippen LogP contribution in [0.1, 0.15) is 27.4 Å². The van der Waals surface area contributed by atoms with Crippen molar-refractivity contribution in [2.24, 2.45) is 0 Å². The third kappa shape index (κ3) is 4.39. The zero-order valence-electron chi connectivity index (χ0n) is 23.6. The molecule has 0 amide bonds. The lowest BCUT2D eigenvalue weighted by Crippen LogP contribution is -2.19. The highest BCUT2D eigenvalue weighted by Crippen LogP contribution is 2.32. The summed E-state index contributed by atoms with van der Waals surface area (Å²) >= 11 is 0. The van der Waals surface area contributed by atoms with Gasteiger partial charge >= 0.3 is 0 Å². The van der Waals surface area contributed by atoms with Gasteiger partial charge in [-0.25, -0.2) is 27.0 Å². The number of aromatic amines is 1. The molecular formula is C32H25N7O4S. The standard InChI is InChI=1S/C32H25N7O4S/c1-18-3-8-24(9-4-18)44(42,43)39-28-11-5-20(21-6-12-30(40)34-16-21)13-22(28)14-29(39)31(41)25-17-35-38(32(25)33)23-7-10-26-27(15-23)37-19(2)36-26/h3-17H,33H2,1-2H3,(H,34,40)(H,36,37). The van der Waals surface area contributed by atoms with Crippen molar-refractivity contribution in [1.82, 2.24) is 28.7 Å². The molecule has 218 valence electrons. The molecule has 4 heterocycles. The molecule has 3 aromatic carbocycles. The van der Waals surface area contributed by atoms with E-state index < -0.39 is 15.8 Å². The summed E-state index contributed by atoms with van der Waals surface area (Å²) in [5.74, 6) is 0.0941. The van der Waals surface area contributed by atoms with Gasteiger partial charge in [0.15, 0.2) is 0 Å². The first-order valence-corrected chi connectivity index (χ1v) is 15.0. The van der Waals surface area contributed by atoms with Crippen LogP contribution in [-0.4, -0.2) is 48.0 Å². The lowest BCUT2D eigenvalue weighted by atomic mass is 10.1. The van der Waals surface area contributed by atoms with Crippen molar-refractivity contribution < 1.29 is 18.3 Å². The summed E-state index contributed by atoms with van der Waals surface area (Å²) in [4.78, 5) is 25.8. The molecule has 0 aliphatic rings. The molecule has 12 heteroatoms. The Labute approximate surface area is 251 Å². The topological polar surface area (TPSA) is 162 Å². The number of benzene rings is 3. The van der Waals surface area contributed by atoms with Gasteiger partial charge in [-0.15, -0.1) is 0 Å². The van der Waals surface area contributed by atoms with Crippen LogP contribution in [-0.2, 0) is 10.0 Å². The Kier molecular flexibility index (Phi) is 6.11. The molecule has 0 aliphatic carbocycles. The Bertz CT molecular complexity index is 2350. The predicted octanol–water partition coefficient (Wildman–Crippen LogP) is 5.14. The van der Waals surface area contributed by atoms with Gasteiger partial charge in [-0.2, -0.15) is 5.10 Å². The van der Waals surface area contributed by atoms with Gasteiger partial charge in [0.2, 0.25) is 11.7 Å². The van der Waals surface area contributed by atoms with Gasteiger partial charge in [-0.05, 0) is 74.0 Å². The fourth-order valence-electron chi connectivity index (χ4n) is 5.29. The highest BCUT2D eigenvalue weighted by atomic mass is 32.2. The van der Waals surface area contributed by atoms with Crippen LogP contribution < -0.4 is 5.73 Å². The SMILES string of the molecule is Cc1ccc(S(=O)(=O)n2c(C(=O)c3cnn(-c4ccc5[nH]c(C)nc5c4)c3N)cc3cc(-c4ccc(O)nc4)ccc32)cc1. The molecule has 0 unspecified atom stereocenters. The molecule has 7 rings (SSSR count). The Morgan fingerprint density at radius 3 is 2.43 bits per heavy atom. The molecule has 0 aliphatic heterocycles. The maximum absolute atomic E-state index is 14.2. The number of hydrogen-bond donors (Lipinski definition) is 3. The number of nitrogens with zero attached hydrogens (tertiary/aromatic N) is 5. The van der Waals surface area contributed by atoms with Gasteiger partial charge in [0, 0.05) is 23.2 Å². The maximum Gasteiger partial charge on any atom is 0.268 e. The van der Waals surface area contributed by atoms with Crippen molar-refractivity contribution in [3.8, 4) is 22.7 Å². The summed E-state index contributed by atoms with van der Waals surface area (Å²) in [6.07, 6.45) is 2.85. The summed E-state index contributed by atoms with van der Waals surface area (Å²) in [7, 11) is -4.22. The highest BCUT2D eigenvalue weighted by Gasteiger charge is 2.29. The molecule has 0 spiro atoms. The van der Waals surface area contributed by atoms with Gasteiger partial charge in [0.1, 0.15) is 17.3 Å². The molecule has 0 fully saturated rings. The molecule has 4 N–H and O–H groups in total. The minimum Gasteiger partial charge on any atom is -0.493 e. The van der Waals surface area contributed by atoms with E-state index in [4.69, 9.17) is 5.73 Å². The van der Waals surface area contributed by atoms with E-state index in [1.54, 1.807) is 48.5 Å². The van der Waals surface area contributed by atoms with E-state index in [1.807, 2.05) is 19.9 Å². The predicted molar refractivity (Wildman–Crippen MR) is 166 cm³/mol. The Hall–Kier alpha value is -5.75. The van der Waals surface area contributed by atoms with E-state index in [9.17, 15) is 18.3 Å². The van der Waals surface area contributed by atoms with Crippen molar-refractivity contribution >= 4 is 43.6 Å². The van der Waals surface area contributed by atoms with Crippen LogP contribution in [0.15, 0.2) is 96.2 Å². The number of fused-ring (bicyclic) bond motifs is 2. The molecule has 0 radical (unpaired) electrons. The van der Waals surface area contributed by atoms with Gasteiger partial charge < -0.3 is 15.8 Å². The lowest BCUT2D eigenvalue weighted by Gasteiger charge is -2.12. The van der Waals surface area contributed by atoms with E-state index in [2.05, 4.69) is 20.1 Å². The van der Waals surface area contributed by atoms with E-state index in [0.29, 0.717) is 27.7 Å². The van der Waals surface area contributed by atoms with Crippen LogP contribution in [0.3, 0.4) is 0 Å². The number of nitrogen functional groups attached to an aromatic ring is 1. The molecule has 0 bridgehead atoms. The van der Waals surface area contributed by atoms with Crippen LogP contribution in [0.2, 0.25) is 0 Å². The third-order valence-electron chi connectivity index (χ3n) is 7.51. The second kappa shape index (κ2) is 9.92. The quantitative estimate of drug-likeness (QED) is 0.220. The van der Waals surface area contributed by atoms with E-state index in [1.165, 1.54) is 41.3 Å². The lowest BCUT2D eigenvalue weighted by molar-refractivity contribution is 0.103. The normalized spacial score (nSPS) is 11.9. The fourth-order valence-corrected chi connectivity index (χ4v) is 6.80. The second-order valence-electron chi connectivity index (χ2n) is 10.5. The van der Waals surface area contributed by atoms with Crippen molar-refractivity contribution in [2.45, 2.75) is 18.7 Å². The molecular weight excluding hydrogens is 578 g/mol. The monoisotopic (exact) mass is 603 g/mol. The molecule has 0 saturated carbocycles. The molecule has 4 aromatic heterocycles. The average Bonchev–Trinajstić information content (AvgIpc) is 3.70. The number of carbonyl (C=O) groups is 1. The zero-order valence-corrected chi connectivity index (χ0v) is 24.4. The van der Waals surface area contributed by atoms with Crippen LogP contribution >= 0.6 is 0 Å². The largest absolute Gasteiger partial charge is 0.493 e. The van der Waals surface area contributed by atoms with Crippen molar-refractivity contribution in [1.29, 1.82) is 0 Å². The number of nitrogens with one attached hydrogen (secondary N) is 1. The van der Waals surface area contributed by atoms with Crippen LogP contribution in [0.4, 0.5) is 5.82 Å². The number of nitrogens with two attached hydrogens (primary N) is 1. The number of imidazole rings is 1. The van der Waals surface area contributed by atoms with Gasteiger partial charge in [-0.3, -0.25) is 4.79 Å². The smallest absolute Gasteiger partial charge is 0.268 e.